The molecule has 0 aliphatic carbocycles. The Morgan fingerprint density at radius 1 is 1.37 bits per heavy atom. The van der Waals surface area contributed by atoms with Crippen LogP contribution in [-0.4, -0.2) is 16.6 Å². The van der Waals surface area contributed by atoms with E-state index in [1.165, 1.54) is 12.3 Å². The minimum absolute atomic E-state index is 0.187. The lowest BCUT2D eigenvalue weighted by Gasteiger charge is -2.08. The number of benzene rings is 1. The lowest BCUT2D eigenvalue weighted by atomic mass is 10.3. The number of nitrogens with one attached hydrogen (secondary N) is 2. The summed E-state index contributed by atoms with van der Waals surface area (Å²) in [4.78, 5) is 17.8. The average Bonchev–Trinajstić information content (AvgIpc) is 2.39. The third-order valence-corrected chi connectivity index (χ3v) is 2.53. The molecular formula is C14H17N3O2. The van der Waals surface area contributed by atoms with Crippen LogP contribution in [-0.2, 0) is 0 Å². The van der Waals surface area contributed by atoms with Crippen LogP contribution in [0.25, 0.3) is 0 Å². The van der Waals surface area contributed by atoms with Crippen molar-refractivity contribution in [3.63, 3.8) is 0 Å². The Balaban J connectivity index is 2.04. The van der Waals surface area contributed by atoms with Gasteiger partial charge in [-0.25, -0.2) is 4.98 Å². The molecule has 0 saturated carbocycles. The van der Waals surface area contributed by atoms with Crippen LogP contribution in [0, 0.1) is 0 Å². The summed E-state index contributed by atoms with van der Waals surface area (Å²) in [5.41, 5.74) is 0.635. The van der Waals surface area contributed by atoms with Crippen molar-refractivity contribution in [2.45, 2.75) is 19.8 Å². The standard InChI is InChI=1S/C14H17N3O2/c1-2-3-9-19-12-6-4-5-11(10-12)16-14-15-8-7-13(18)17-14/h4-8,10H,2-3,9H2,1H3,(H2,15,16,17,18). The van der Waals surface area contributed by atoms with Gasteiger partial charge >= 0.3 is 0 Å². The molecule has 0 saturated heterocycles. The van der Waals surface area contributed by atoms with E-state index >= 15 is 0 Å². The van der Waals surface area contributed by atoms with E-state index in [1.54, 1.807) is 0 Å². The van der Waals surface area contributed by atoms with Crippen LogP contribution in [0.3, 0.4) is 0 Å². The lowest BCUT2D eigenvalue weighted by Crippen LogP contribution is -2.08. The molecule has 2 rings (SSSR count). The number of anilines is 2. The van der Waals surface area contributed by atoms with Crippen LogP contribution in [0.15, 0.2) is 41.3 Å². The molecule has 0 bridgehead atoms. The molecule has 5 heteroatoms. The minimum Gasteiger partial charge on any atom is -0.494 e. The second kappa shape index (κ2) is 6.58. The first-order valence-corrected chi connectivity index (χ1v) is 6.33. The highest BCUT2D eigenvalue weighted by molar-refractivity contribution is 5.55. The van der Waals surface area contributed by atoms with E-state index in [1.807, 2.05) is 24.3 Å². The Morgan fingerprint density at radius 2 is 2.26 bits per heavy atom. The molecule has 1 heterocycles. The predicted molar refractivity (Wildman–Crippen MR) is 75.0 cm³/mol. The SMILES string of the molecule is CCCCOc1cccc(Nc2nccc(=O)[nH]2)c1. The first kappa shape index (κ1) is 13.1. The Hall–Kier alpha value is -2.30. The molecule has 0 atom stereocenters. The largest absolute Gasteiger partial charge is 0.494 e. The molecule has 1 aromatic carbocycles. The molecule has 0 fully saturated rings. The topological polar surface area (TPSA) is 67.0 Å². The van der Waals surface area contributed by atoms with Gasteiger partial charge in [0.2, 0.25) is 5.95 Å². The first-order valence-electron chi connectivity index (χ1n) is 6.33. The molecule has 100 valence electrons. The molecule has 0 amide bonds. The number of aromatic amines is 1. The zero-order valence-electron chi connectivity index (χ0n) is 10.8. The van der Waals surface area contributed by atoms with Crippen molar-refractivity contribution in [2.75, 3.05) is 11.9 Å². The van der Waals surface area contributed by atoms with Crippen molar-refractivity contribution in [1.29, 1.82) is 0 Å². The number of aromatic nitrogens is 2. The van der Waals surface area contributed by atoms with Gasteiger partial charge in [-0.1, -0.05) is 19.4 Å². The molecule has 0 aliphatic heterocycles. The molecule has 19 heavy (non-hydrogen) atoms. The number of rotatable bonds is 6. The highest BCUT2D eigenvalue weighted by Crippen LogP contribution is 2.19. The van der Waals surface area contributed by atoms with Crippen molar-refractivity contribution in [3.8, 4) is 5.75 Å². The van der Waals surface area contributed by atoms with Crippen LogP contribution in [0.1, 0.15) is 19.8 Å². The number of ether oxygens (including phenoxy) is 1. The van der Waals surface area contributed by atoms with Crippen molar-refractivity contribution in [1.82, 2.24) is 9.97 Å². The number of nitrogens with zero attached hydrogens (tertiary/aromatic N) is 1. The number of hydrogen-bond acceptors (Lipinski definition) is 4. The Bertz CT molecular complexity index is 581. The second-order valence-corrected chi connectivity index (χ2v) is 4.14. The third-order valence-electron chi connectivity index (χ3n) is 2.53. The molecule has 0 aliphatic rings. The fourth-order valence-electron chi connectivity index (χ4n) is 1.57. The highest BCUT2D eigenvalue weighted by Gasteiger charge is 1.99. The maximum absolute atomic E-state index is 11.2. The summed E-state index contributed by atoms with van der Waals surface area (Å²) < 4.78 is 5.62. The quantitative estimate of drug-likeness (QED) is 0.783. The van der Waals surface area contributed by atoms with Crippen LogP contribution in [0.5, 0.6) is 5.75 Å². The van der Waals surface area contributed by atoms with Gasteiger partial charge in [0.1, 0.15) is 5.75 Å². The monoisotopic (exact) mass is 259 g/mol. The number of hydrogen-bond donors (Lipinski definition) is 2. The van der Waals surface area contributed by atoms with Gasteiger partial charge in [-0.15, -0.1) is 0 Å². The Kier molecular flexibility index (Phi) is 4.55. The van der Waals surface area contributed by atoms with E-state index in [0.29, 0.717) is 12.6 Å². The zero-order chi connectivity index (χ0) is 13.5. The van der Waals surface area contributed by atoms with E-state index in [4.69, 9.17) is 4.74 Å². The van der Waals surface area contributed by atoms with Crippen LogP contribution < -0.4 is 15.6 Å². The molecule has 5 nitrogen and oxygen atoms in total. The van der Waals surface area contributed by atoms with E-state index in [0.717, 1.165) is 24.3 Å². The summed E-state index contributed by atoms with van der Waals surface area (Å²) in [5.74, 6) is 1.22. The Morgan fingerprint density at radius 3 is 3.05 bits per heavy atom. The average molecular weight is 259 g/mol. The van der Waals surface area contributed by atoms with Crippen LogP contribution >= 0.6 is 0 Å². The van der Waals surface area contributed by atoms with Gasteiger partial charge in [0.15, 0.2) is 0 Å². The van der Waals surface area contributed by atoms with Crippen LogP contribution in [0.4, 0.5) is 11.6 Å². The fraction of sp³-hybridized carbons (Fsp3) is 0.286. The molecule has 1 aromatic heterocycles. The maximum atomic E-state index is 11.2. The van der Waals surface area contributed by atoms with Crippen molar-refractivity contribution >= 4 is 11.6 Å². The first-order chi connectivity index (χ1) is 9.28. The van der Waals surface area contributed by atoms with E-state index in [-0.39, 0.29) is 5.56 Å². The zero-order valence-corrected chi connectivity index (χ0v) is 10.8. The van der Waals surface area contributed by atoms with Gasteiger partial charge in [0.25, 0.3) is 5.56 Å². The summed E-state index contributed by atoms with van der Waals surface area (Å²) in [6.45, 7) is 2.83. The number of H-pyrrole nitrogens is 1. The van der Waals surface area contributed by atoms with Gasteiger partial charge in [-0.2, -0.15) is 0 Å². The minimum atomic E-state index is -0.187. The molecule has 2 aromatic rings. The third kappa shape index (κ3) is 4.13. The highest BCUT2D eigenvalue weighted by atomic mass is 16.5. The molecule has 0 spiro atoms. The van der Waals surface area contributed by atoms with Gasteiger partial charge in [-0.3, -0.25) is 9.78 Å². The summed E-state index contributed by atoms with van der Waals surface area (Å²) in [7, 11) is 0. The van der Waals surface area contributed by atoms with Gasteiger partial charge in [0.05, 0.1) is 6.61 Å². The fourth-order valence-corrected chi connectivity index (χ4v) is 1.57. The van der Waals surface area contributed by atoms with Gasteiger partial charge in [-0.05, 0) is 18.6 Å². The summed E-state index contributed by atoms with van der Waals surface area (Å²) >= 11 is 0. The molecule has 0 unspecified atom stereocenters. The van der Waals surface area contributed by atoms with Gasteiger partial charge in [0, 0.05) is 24.0 Å². The number of unbranched alkanes of at least 4 members (excludes halogenated alkanes) is 1. The van der Waals surface area contributed by atoms with E-state index in [9.17, 15) is 4.79 Å². The summed E-state index contributed by atoms with van der Waals surface area (Å²) in [5, 5.41) is 3.03. The second-order valence-electron chi connectivity index (χ2n) is 4.14. The molecule has 0 radical (unpaired) electrons. The van der Waals surface area contributed by atoms with Gasteiger partial charge < -0.3 is 10.1 Å². The normalized spacial score (nSPS) is 10.2. The summed E-state index contributed by atoms with van der Waals surface area (Å²) in [6, 6.07) is 8.93. The molecular weight excluding hydrogens is 242 g/mol. The lowest BCUT2D eigenvalue weighted by molar-refractivity contribution is 0.309. The maximum Gasteiger partial charge on any atom is 0.252 e. The van der Waals surface area contributed by atoms with Crippen LogP contribution in [0.2, 0.25) is 0 Å². The van der Waals surface area contributed by atoms with E-state index in [2.05, 4.69) is 22.2 Å². The molecule has 2 N–H and O–H groups in total. The smallest absolute Gasteiger partial charge is 0.252 e. The summed E-state index contributed by atoms with van der Waals surface area (Å²) in [6.07, 6.45) is 3.60. The Labute approximate surface area is 111 Å². The van der Waals surface area contributed by atoms with Crippen molar-refractivity contribution < 1.29 is 4.74 Å². The van der Waals surface area contributed by atoms with E-state index < -0.39 is 0 Å². The van der Waals surface area contributed by atoms with Crippen molar-refractivity contribution in [2.24, 2.45) is 0 Å². The predicted octanol–water partition coefficient (Wildman–Crippen LogP) is 2.69. The van der Waals surface area contributed by atoms with Crippen molar-refractivity contribution in [3.05, 3.63) is 46.9 Å².